The Morgan fingerprint density at radius 3 is 2.48 bits per heavy atom. The second-order valence-electron chi connectivity index (χ2n) is 7.06. The number of amides is 1. The smallest absolute Gasteiger partial charge is 0.274 e. The maximum Gasteiger partial charge on any atom is 0.274 e. The number of rotatable bonds is 4. The van der Waals surface area contributed by atoms with Gasteiger partial charge in [0, 0.05) is 32.2 Å². The molecule has 2 heterocycles. The number of carbonyl (C=O) groups is 1. The largest absolute Gasteiger partial charge is 0.438 e. The summed E-state index contributed by atoms with van der Waals surface area (Å²) in [6.45, 7) is 3.46. The number of nitrogens with zero attached hydrogens (tertiary/aromatic N) is 4. The van der Waals surface area contributed by atoms with Gasteiger partial charge in [-0.2, -0.15) is 0 Å². The molecule has 1 aromatic carbocycles. The van der Waals surface area contributed by atoms with Gasteiger partial charge >= 0.3 is 0 Å². The molecular weight excluding hydrogens is 347 g/mol. The first-order valence-corrected chi connectivity index (χ1v) is 9.48. The molecule has 1 aliphatic heterocycles. The van der Waals surface area contributed by atoms with E-state index in [2.05, 4.69) is 14.9 Å². The van der Waals surface area contributed by atoms with Gasteiger partial charge in [-0.3, -0.25) is 9.69 Å². The highest BCUT2D eigenvalue weighted by Crippen LogP contribution is 2.25. The Hall–Kier alpha value is -2.54. The van der Waals surface area contributed by atoms with Gasteiger partial charge in [0.1, 0.15) is 17.3 Å². The molecule has 27 heavy (non-hydrogen) atoms. The Bertz CT molecular complexity index is 778. The molecule has 1 amide bonds. The molecule has 142 valence electrons. The van der Waals surface area contributed by atoms with E-state index < -0.39 is 0 Å². The Morgan fingerprint density at radius 2 is 1.81 bits per heavy atom. The Balaban J connectivity index is 1.36. The number of benzene rings is 1. The summed E-state index contributed by atoms with van der Waals surface area (Å²) in [5, 5.41) is 0. The highest BCUT2D eigenvalue weighted by atomic mass is 19.1. The van der Waals surface area contributed by atoms with Gasteiger partial charge in [-0.25, -0.2) is 14.4 Å². The SMILES string of the molecule is O=C(c1cnc(Oc2ccc(F)cc2)cn1)N1CCCN(C2CCC2)CC1. The van der Waals surface area contributed by atoms with Crippen molar-refractivity contribution < 1.29 is 13.9 Å². The maximum absolute atomic E-state index is 12.9. The Labute approximate surface area is 158 Å². The number of aromatic nitrogens is 2. The van der Waals surface area contributed by atoms with E-state index in [0.717, 1.165) is 32.6 Å². The molecule has 1 saturated heterocycles. The minimum absolute atomic E-state index is 0.0914. The molecule has 2 aromatic rings. The predicted octanol–water partition coefficient (Wildman–Crippen LogP) is 3.11. The minimum atomic E-state index is -0.331. The van der Waals surface area contributed by atoms with Gasteiger partial charge < -0.3 is 9.64 Å². The zero-order valence-corrected chi connectivity index (χ0v) is 15.2. The molecule has 0 unspecified atom stereocenters. The zero-order valence-electron chi connectivity index (χ0n) is 15.2. The molecule has 2 fully saturated rings. The first-order chi connectivity index (χ1) is 13.2. The van der Waals surface area contributed by atoms with Crippen LogP contribution in [0.5, 0.6) is 11.6 Å². The summed E-state index contributed by atoms with van der Waals surface area (Å²) >= 11 is 0. The van der Waals surface area contributed by atoms with Crippen LogP contribution < -0.4 is 4.74 Å². The van der Waals surface area contributed by atoms with E-state index in [1.807, 2.05) is 4.90 Å². The average molecular weight is 370 g/mol. The number of halogens is 1. The summed E-state index contributed by atoms with van der Waals surface area (Å²) in [5.41, 5.74) is 0.318. The van der Waals surface area contributed by atoms with Gasteiger partial charge in [0.25, 0.3) is 5.91 Å². The van der Waals surface area contributed by atoms with Crippen LogP contribution in [0, 0.1) is 5.82 Å². The molecule has 4 rings (SSSR count). The van der Waals surface area contributed by atoms with Crippen LogP contribution in [0.1, 0.15) is 36.2 Å². The standard InChI is InChI=1S/C20H23FN4O2/c21-15-5-7-17(8-6-15)27-19-14-22-18(13-23-19)20(26)25-10-2-9-24(11-12-25)16-3-1-4-16/h5-8,13-14,16H,1-4,9-12H2. The van der Waals surface area contributed by atoms with Gasteiger partial charge in [-0.05, 0) is 43.5 Å². The van der Waals surface area contributed by atoms with Crippen LogP contribution in [0.15, 0.2) is 36.7 Å². The third-order valence-corrected chi connectivity index (χ3v) is 5.29. The Morgan fingerprint density at radius 1 is 1.00 bits per heavy atom. The molecule has 1 aliphatic carbocycles. The normalized spacial score (nSPS) is 18.6. The lowest BCUT2D eigenvalue weighted by molar-refractivity contribution is 0.0743. The molecule has 0 spiro atoms. The van der Waals surface area contributed by atoms with Crippen LogP contribution in [-0.2, 0) is 0 Å². The summed E-state index contributed by atoms with van der Waals surface area (Å²) in [6.07, 6.45) is 7.75. The molecule has 1 saturated carbocycles. The molecular formula is C20H23FN4O2. The number of hydrogen-bond acceptors (Lipinski definition) is 5. The van der Waals surface area contributed by atoms with E-state index in [0.29, 0.717) is 17.5 Å². The van der Waals surface area contributed by atoms with Gasteiger partial charge in [-0.15, -0.1) is 0 Å². The van der Waals surface area contributed by atoms with Crippen LogP contribution in [0.2, 0.25) is 0 Å². The lowest BCUT2D eigenvalue weighted by atomic mass is 9.91. The fourth-order valence-electron chi connectivity index (χ4n) is 3.52. The lowest BCUT2D eigenvalue weighted by Crippen LogP contribution is -2.42. The van der Waals surface area contributed by atoms with E-state index >= 15 is 0 Å². The molecule has 0 N–H and O–H groups in total. The monoisotopic (exact) mass is 370 g/mol. The van der Waals surface area contributed by atoms with Crippen molar-refractivity contribution in [3.8, 4) is 11.6 Å². The van der Waals surface area contributed by atoms with Gasteiger partial charge in [0.05, 0.1) is 12.4 Å². The predicted molar refractivity (Wildman–Crippen MR) is 98.2 cm³/mol. The topological polar surface area (TPSA) is 58.6 Å². The van der Waals surface area contributed by atoms with Crippen LogP contribution in [0.3, 0.4) is 0 Å². The lowest BCUT2D eigenvalue weighted by Gasteiger charge is -2.36. The van der Waals surface area contributed by atoms with Gasteiger partial charge in [-0.1, -0.05) is 6.42 Å². The fourth-order valence-corrected chi connectivity index (χ4v) is 3.52. The first kappa shape index (κ1) is 17.9. The van der Waals surface area contributed by atoms with E-state index in [9.17, 15) is 9.18 Å². The molecule has 7 heteroatoms. The maximum atomic E-state index is 12.9. The molecule has 1 aromatic heterocycles. The number of carbonyl (C=O) groups excluding carboxylic acids is 1. The Kier molecular flexibility index (Phi) is 5.29. The van der Waals surface area contributed by atoms with Crippen LogP contribution in [0.25, 0.3) is 0 Å². The van der Waals surface area contributed by atoms with Crippen molar-refractivity contribution in [3.63, 3.8) is 0 Å². The van der Waals surface area contributed by atoms with Crippen molar-refractivity contribution in [2.75, 3.05) is 26.2 Å². The quantitative estimate of drug-likeness (QED) is 0.828. The number of hydrogen-bond donors (Lipinski definition) is 0. The van der Waals surface area contributed by atoms with Crippen molar-refractivity contribution in [1.29, 1.82) is 0 Å². The van der Waals surface area contributed by atoms with Crippen molar-refractivity contribution >= 4 is 5.91 Å². The highest BCUT2D eigenvalue weighted by Gasteiger charge is 2.28. The molecule has 0 atom stereocenters. The molecule has 6 nitrogen and oxygen atoms in total. The van der Waals surface area contributed by atoms with Crippen molar-refractivity contribution in [2.24, 2.45) is 0 Å². The van der Waals surface area contributed by atoms with E-state index in [1.54, 1.807) is 0 Å². The molecule has 0 bridgehead atoms. The molecule has 0 radical (unpaired) electrons. The third-order valence-electron chi connectivity index (χ3n) is 5.29. The first-order valence-electron chi connectivity index (χ1n) is 9.48. The van der Waals surface area contributed by atoms with E-state index in [-0.39, 0.29) is 17.6 Å². The van der Waals surface area contributed by atoms with Crippen molar-refractivity contribution in [2.45, 2.75) is 31.7 Å². The summed E-state index contributed by atoms with van der Waals surface area (Å²) in [6, 6.07) is 6.37. The summed E-state index contributed by atoms with van der Waals surface area (Å²) < 4.78 is 18.5. The van der Waals surface area contributed by atoms with E-state index in [4.69, 9.17) is 4.74 Å². The third kappa shape index (κ3) is 4.24. The fraction of sp³-hybridized carbons (Fsp3) is 0.450. The zero-order chi connectivity index (χ0) is 18.6. The minimum Gasteiger partial charge on any atom is -0.438 e. The summed E-state index contributed by atoms with van der Waals surface area (Å²) in [5.74, 6) is 0.313. The van der Waals surface area contributed by atoms with Crippen LogP contribution in [0.4, 0.5) is 4.39 Å². The van der Waals surface area contributed by atoms with Crippen molar-refractivity contribution in [3.05, 3.63) is 48.2 Å². The number of ether oxygens (including phenoxy) is 1. The summed E-state index contributed by atoms with van der Waals surface area (Å²) in [7, 11) is 0. The van der Waals surface area contributed by atoms with Crippen LogP contribution in [-0.4, -0.2) is 57.9 Å². The van der Waals surface area contributed by atoms with E-state index in [1.165, 1.54) is 55.9 Å². The van der Waals surface area contributed by atoms with Crippen LogP contribution >= 0.6 is 0 Å². The van der Waals surface area contributed by atoms with Crippen molar-refractivity contribution in [1.82, 2.24) is 19.8 Å². The highest BCUT2D eigenvalue weighted by molar-refractivity contribution is 5.92. The second kappa shape index (κ2) is 8.00. The second-order valence-corrected chi connectivity index (χ2v) is 7.06. The molecule has 2 aliphatic rings. The summed E-state index contributed by atoms with van der Waals surface area (Å²) in [4.78, 5) is 25.5. The average Bonchev–Trinajstić information content (AvgIpc) is 2.88. The van der Waals surface area contributed by atoms with Gasteiger partial charge in [0.2, 0.25) is 5.88 Å². The van der Waals surface area contributed by atoms with Gasteiger partial charge in [0.15, 0.2) is 0 Å².